The quantitative estimate of drug-likeness (QED) is 0.882. The third-order valence-electron chi connectivity index (χ3n) is 4.67. The summed E-state index contributed by atoms with van der Waals surface area (Å²) in [6.45, 7) is 9.26. The minimum Gasteiger partial charge on any atom is -0.453 e. The average molecular weight is 351 g/mol. The van der Waals surface area contributed by atoms with Crippen molar-refractivity contribution in [2.24, 2.45) is 11.8 Å². The first-order chi connectivity index (χ1) is 11.8. The van der Waals surface area contributed by atoms with E-state index in [4.69, 9.17) is 9.15 Å². The molecule has 1 N–H and O–H groups in total. The summed E-state index contributed by atoms with van der Waals surface area (Å²) in [5.74, 6) is 1.44. The fourth-order valence-electron chi connectivity index (χ4n) is 3.20. The molecule has 25 heavy (non-hydrogen) atoms. The predicted molar refractivity (Wildman–Crippen MR) is 93.4 cm³/mol. The maximum atomic E-state index is 12.5. The number of hydrogen-bond donors (Lipinski definition) is 1. The maximum Gasteiger partial charge on any atom is 0.409 e. The average Bonchev–Trinajstić information content (AvgIpc) is 2.93. The number of amides is 2. The highest BCUT2D eigenvalue weighted by atomic mass is 16.5. The van der Waals surface area contributed by atoms with Gasteiger partial charge in [-0.15, -0.1) is 0 Å². The molecule has 1 aliphatic rings. The van der Waals surface area contributed by atoms with Gasteiger partial charge in [0.1, 0.15) is 0 Å². The van der Waals surface area contributed by atoms with Gasteiger partial charge in [0.15, 0.2) is 5.89 Å². The van der Waals surface area contributed by atoms with Gasteiger partial charge in [-0.2, -0.15) is 0 Å². The molecule has 0 saturated carbocycles. The number of nitrogens with zero attached hydrogens (tertiary/aromatic N) is 2. The van der Waals surface area contributed by atoms with E-state index in [1.807, 2.05) is 6.92 Å². The number of likely N-dealkylation sites (tertiary alicyclic amines) is 1. The Morgan fingerprint density at radius 2 is 1.96 bits per heavy atom. The van der Waals surface area contributed by atoms with E-state index in [9.17, 15) is 9.59 Å². The Morgan fingerprint density at radius 1 is 1.32 bits per heavy atom. The van der Waals surface area contributed by atoms with Crippen LogP contribution in [0.4, 0.5) is 4.79 Å². The number of piperidine rings is 1. The summed E-state index contributed by atoms with van der Waals surface area (Å²) < 4.78 is 10.4. The van der Waals surface area contributed by atoms with Crippen LogP contribution in [0.25, 0.3) is 0 Å². The Labute approximate surface area is 149 Å². The normalized spacial score (nSPS) is 16.8. The summed E-state index contributed by atoms with van der Waals surface area (Å²) in [6.07, 6.45) is 2.11. The van der Waals surface area contributed by atoms with Gasteiger partial charge >= 0.3 is 6.09 Å². The molecule has 1 fully saturated rings. The summed E-state index contributed by atoms with van der Waals surface area (Å²) in [4.78, 5) is 30.1. The standard InChI is InChI=1S/C18H29N3O4/c1-11(2)10-15-19-13(4)16(25-15)17(22)20-12(3)14-6-8-21(9-7-14)18(23)24-5/h11-12,14H,6-10H2,1-5H3,(H,20,22)/t12-/m1/s1. The molecule has 2 heterocycles. The molecule has 140 valence electrons. The van der Waals surface area contributed by atoms with Crippen molar-refractivity contribution in [3.05, 3.63) is 17.3 Å². The highest BCUT2D eigenvalue weighted by molar-refractivity contribution is 5.92. The SMILES string of the molecule is COC(=O)N1CCC([C@@H](C)NC(=O)c2oc(CC(C)C)nc2C)CC1. The summed E-state index contributed by atoms with van der Waals surface area (Å²) in [6, 6.07) is 0.00495. The molecule has 0 bridgehead atoms. The topological polar surface area (TPSA) is 84.7 Å². The van der Waals surface area contributed by atoms with Crippen LogP contribution >= 0.6 is 0 Å². The van der Waals surface area contributed by atoms with Crippen molar-refractivity contribution in [2.45, 2.75) is 53.0 Å². The summed E-state index contributed by atoms with van der Waals surface area (Å²) >= 11 is 0. The number of carbonyl (C=O) groups is 2. The molecule has 1 saturated heterocycles. The van der Waals surface area contributed by atoms with Crippen LogP contribution in [0.1, 0.15) is 55.8 Å². The van der Waals surface area contributed by atoms with E-state index in [1.54, 1.807) is 11.8 Å². The first-order valence-electron chi connectivity index (χ1n) is 8.91. The first kappa shape index (κ1) is 19.3. The highest BCUT2D eigenvalue weighted by Crippen LogP contribution is 2.22. The van der Waals surface area contributed by atoms with E-state index in [2.05, 4.69) is 24.1 Å². The lowest BCUT2D eigenvalue weighted by atomic mass is 9.90. The van der Waals surface area contributed by atoms with E-state index in [0.29, 0.717) is 42.3 Å². The zero-order chi connectivity index (χ0) is 18.6. The van der Waals surface area contributed by atoms with Crippen molar-refractivity contribution in [1.29, 1.82) is 0 Å². The van der Waals surface area contributed by atoms with Gasteiger partial charge in [0.25, 0.3) is 5.91 Å². The fraction of sp³-hybridized carbons (Fsp3) is 0.722. The second-order valence-electron chi connectivity index (χ2n) is 7.18. The monoisotopic (exact) mass is 351 g/mol. The van der Waals surface area contributed by atoms with Gasteiger partial charge < -0.3 is 19.4 Å². The van der Waals surface area contributed by atoms with Gasteiger partial charge in [0, 0.05) is 25.6 Å². The van der Waals surface area contributed by atoms with Crippen LogP contribution in [0.15, 0.2) is 4.42 Å². The Kier molecular flexibility index (Phi) is 6.45. The van der Waals surface area contributed by atoms with Crippen molar-refractivity contribution >= 4 is 12.0 Å². The largest absolute Gasteiger partial charge is 0.453 e. The molecule has 1 atom stereocenters. The Morgan fingerprint density at radius 3 is 2.52 bits per heavy atom. The lowest BCUT2D eigenvalue weighted by Crippen LogP contribution is -2.45. The Balaban J connectivity index is 1.90. The van der Waals surface area contributed by atoms with Gasteiger partial charge in [-0.1, -0.05) is 13.8 Å². The summed E-state index contributed by atoms with van der Waals surface area (Å²) in [7, 11) is 1.39. The summed E-state index contributed by atoms with van der Waals surface area (Å²) in [5, 5.41) is 3.02. The molecule has 2 rings (SSSR count). The third-order valence-corrected chi connectivity index (χ3v) is 4.67. The lowest BCUT2D eigenvalue weighted by molar-refractivity contribution is 0.0843. The van der Waals surface area contributed by atoms with Gasteiger partial charge in [-0.25, -0.2) is 9.78 Å². The molecule has 7 heteroatoms. The molecule has 0 unspecified atom stereocenters. The number of aromatic nitrogens is 1. The smallest absolute Gasteiger partial charge is 0.409 e. The van der Waals surface area contributed by atoms with Crippen molar-refractivity contribution in [2.75, 3.05) is 20.2 Å². The van der Waals surface area contributed by atoms with Crippen molar-refractivity contribution < 1.29 is 18.7 Å². The van der Waals surface area contributed by atoms with E-state index in [0.717, 1.165) is 19.3 Å². The maximum absolute atomic E-state index is 12.5. The van der Waals surface area contributed by atoms with Crippen molar-refractivity contribution in [3.8, 4) is 0 Å². The van der Waals surface area contributed by atoms with E-state index in [1.165, 1.54) is 7.11 Å². The summed E-state index contributed by atoms with van der Waals surface area (Å²) in [5.41, 5.74) is 0.626. The van der Waals surface area contributed by atoms with E-state index in [-0.39, 0.29) is 18.0 Å². The lowest BCUT2D eigenvalue weighted by Gasteiger charge is -2.34. The van der Waals surface area contributed by atoms with Gasteiger partial charge in [-0.3, -0.25) is 4.79 Å². The number of hydrogen-bond acceptors (Lipinski definition) is 5. The predicted octanol–water partition coefficient (Wildman–Crippen LogP) is 2.78. The van der Waals surface area contributed by atoms with Crippen molar-refractivity contribution in [1.82, 2.24) is 15.2 Å². The molecule has 0 aliphatic carbocycles. The molecule has 1 aromatic rings. The van der Waals surface area contributed by atoms with Crippen molar-refractivity contribution in [3.63, 3.8) is 0 Å². The van der Waals surface area contributed by atoms with Crippen LogP contribution in [-0.4, -0.2) is 48.1 Å². The molecule has 0 spiro atoms. The molecule has 7 nitrogen and oxygen atoms in total. The molecule has 0 radical (unpaired) electrons. The number of ether oxygens (including phenoxy) is 1. The zero-order valence-electron chi connectivity index (χ0n) is 15.8. The minimum atomic E-state index is -0.287. The number of nitrogens with one attached hydrogen (secondary N) is 1. The number of methoxy groups -OCH3 is 1. The number of oxazole rings is 1. The second-order valence-corrected chi connectivity index (χ2v) is 7.18. The molecule has 1 aliphatic heterocycles. The van der Waals surface area contributed by atoms with Crippen LogP contribution in [-0.2, 0) is 11.2 Å². The number of carbonyl (C=O) groups excluding carboxylic acids is 2. The second kappa shape index (κ2) is 8.36. The van der Waals surface area contributed by atoms with E-state index < -0.39 is 0 Å². The minimum absolute atomic E-state index is 0.00495. The van der Waals surface area contributed by atoms with E-state index >= 15 is 0 Å². The Hall–Kier alpha value is -2.05. The van der Waals surface area contributed by atoms with Crippen LogP contribution < -0.4 is 5.32 Å². The Bertz CT molecular complexity index is 603. The van der Waals surface area contributed by atoms with Crippen LogP contribution in [0.5, 0.6) is 0 Å². The van der Waals surface area contributed by atoms with Crippen LogP contribution in [0.3, 0.4) is 0 Å². The molecular weight excluding hydrogens is 322 g/mol. The molecule has 2 amide bonds. The van der Waals surface area contributed by atoms with Gasteiger partial charge in [0.05, 0.1) is 12.8 Å². The molecule has 1 aromatic heterocycles. The number of aryl methyl sites for hydroxylation is 1. The number of rotatable bonds is 5. The third kappa shape index (κ3) is 4.96. The first-order valence-corrected chi connectivity index (χ1v) is 8.91. The van der Waals surface area contributed by atoms with Crippen LogP contribution in [0.2, 0.25) is 0 Å². The zero-order valence-corrected chi connectivity index (χ0v) is 15.8. The fourth-order valence-corrected chi connectivity index (χ4v) is 3.20. The van der Waals surface area contributed by atoms with Gasteiger partial charge in [0.2, 0.25) is 5.76 Å². The molecular formula is C18H29N3O4. The highest BCUT2D eigenvalue weighted by Gasteiger charge is 2.28. The molecule has 0 aromatic carbocycles. The van der Waals surface area contributed by atoms with Gasteiger partial charge in [-0.05, 0) is 38.5 Å². The van der Waals surface area contributed by atoms with Crippen LogP contribution in [0, 0.1) is 18.8 Å².